The zero-order valence-electron chi connectivity index (χ0n) is 19.9. The van der Waals surface area contributed by atoms with Gasteiger partial charge in [0.2, 0.25) is 5.91 Å². The molecular formula is C29H32N4O2. The van der Waals surface area contributed by atoms with E-state index in [-0.39, 0.29) is 23.6 Å². The number of piperidine rings is 1. The number of nitrogens with zero attached hydrogens (tertiary/aromatic N) is 1. The quantitative estimate of drug-likeness (QED) is 0.483. The van der Waals surface area contributed by atoms with E-state index in [1.165, 1.54) is 11.1 Å². The maximum atomic E-state index is 13.3. The van der Waals surface area contributed by atoms with E-state index in [1.807, 2.05) is 59.5 Å². The summed E-state index contributed by atoms with van der Waals surface area (Å²) in [6, 6.07) is 28.5. The van der Waals surface area contributed by atoms with Crippen LogP contribution >= 0.6 is 0 Å². The second-order valence-electron chi connectivity index (χ2n) is 9.51. The zero-order valence-corrected chi connectivity index (χ0v) is 19.9. The third kappa shape index (κ3) is 5.38. The lowest BCUT2D eigenvalue weighted by Crippen LogP contribution is -2.59. The molecule has 3 N–H and O–H groups in total. The summed E-state index contributed by atoms with van der Waals surface area (Å²) in [6.07, 6.45) is 2.35. The lowest BCUT2D eigenvalue weighted by Gasteiger charge is -2.45. The van der Waals surface area contributed by atoms with Crippen LogP contribution in [0.25, 0.3) is 0 Å². The Balaban J connectivity index is 1.24. The first-order chi connectivity index (χ1) is 17.1. The summed E-state index contributed by atoms with van der Waals surface area (Å²) in [7, 11) is 0. The van der Waals surface area contributed by atoms with Crippen LogP contribution in [0.5, 0.6) is 0 Å². The summed E-state index contributed by atoms with van der Waals surface area (Å²) in [6.45, 7) is 1.86. The molecule has 3 aromatic carbocycles. The molecule has 0 bridgehead atoms. The first kappa shape index (κ1) is 23.1. The average Bonchev–Trinajstić information content (AvgIpc) is 2.89. The minimum Gasteiger partial charge on any atom is -0.346 e. The molecule has 6 heteroatoms. The first-order valence-electron chi connectivity index (χ1n) is 12.4. The number of amides is 3. The highest BCUT2D eigenvalue weighted by Gasteiger charge is 2.42. The molecule has 0 saturated carbocycles. The van der Waals surface area contributed by atoms with E-state index in [4.69, 9.17) is 0 Å². The highest BCUT2D eigenvalue weighted by molar-refractivity contribution is 5.82. The number of rotatable bonds is 6. The SMILES string of the molecule is O=C1Cc2ccccc2C2(CCN(C(=O)NC(Cc3ccccc3)NCc3ccccc3)CC2)N1. The van der Waals surface area contributed by atoms with Crippen molar-refractivity contribution in [2.45, 2.75) is 43.9 Å². The number of benzene rings is 3. The van der Waals surface area contributed by atoms with E-state index in [0.29, 0.717) is 45.3 Å². The van der Waals surface area contributed by atoms with Crippen LogP contribution in [0.3, 0.4) is 0 Å². The number of carbonyl (C=O) groups excluding carboxylic acids is 2. The second kappa shape index (κ2) is 10.3. The molecule has 35 heavy (non-hydrogen) atoms. The normalized spacial score (nSPS) is 17.4. The molecule has 0 aliphatic carbocycles. The molecule has 2 aliphatic rings. The fourth-order valence-corrected chi connectivity index (χ4v) is 5.28. The van der Waals surface area contributed by atoms with Crippen molar-refractivity contribution in [3.05, 3.63) is 107 Å². The summed E-state index contributed by atoms with van der Waals surface area (Å²) < 4.78 is 0. The lowest BCUT2D eigenvalue weighted by molar-refractivity contribution is -0.124. The molecule has 5 rings (SSSR count). The molecule has 1 spiro atoms. The van der Waals surface area contributed by atoms with Crippen molar-refractivity contribution >= 4 is 11.9 Å². The molecule has 2 aliphatic heterocycles. The molecule has 0 radical (unpaired) electrons. The largest absolute Gasteiger partial charge is 0.346 e. The van der Waals surface area contributed by atoms with Crippen LogP contribution in [0.1, 0.15) is 35.1 Å². The lowest BCUT2D eigenvalue weighted by atomic mass is 9.76. The number of hydrogen-bond donors (Lipinski definition) is 3. The zero-order chi connectivity index (χ0) is 24.1. The number of hydrogen-bond acceptors (Lipinski definition) is 3. The minimum atomic E-state index is -0.377. The molecule has 6 nitrogen and oxygen atoms in total. The van der Waals surface area contributed by atoms with Crippen molar-refractivity contribution in [3.63, 3.8) is 0 Å². The Bertz CT molecular complexity index is 1160. The highest BCUT2D eigenvalue weighted by atomic mass is 16.2. The Labute approximate surface area is 206 Å². The van der Waals surface area contributed by atoms with Gasteiger partial charge in [0.1, 0.15) is 0 Å². The van der Waals surface area contributed by atoms with Crippen molar-refractivity contribution < 1.29 is 9.59 Å². The third-order valence-corrected chi connectivity index (χ3v) is 7.14. The number of urea groups is 1. The van der Waals surface area contributed by atoms with Gasteiger partial charge in [-0.2, -0.15) is 0 Å². The van der Waals surface area contributed by atoms with Crippen molar-refractivity contribution in [2.24, 2.45) is 0 Å². The standard InChI is InChI=1S/C29H32N4O2/c34-27-20-24-13-7-8-14-25(24)29(32-27)15-17-33(18-16-29)28(35)31-26(19-22-9-3-1-4-10-22)30-21-23-11-5-2-6-12-23/h1-14,26,30H,15-21H2,(H,31,35)(H,32,34). The number of likely N-dealkylation sites (tertiary alicyclic amines) is 1. The van der Waals surface area contributed by atoms with E-state index in [0.717, 1.165) is 11.1 Å². The first-order valence-corrected chi connectivity index (χ1v) is 12.4. The van der Waals surface area contributed by atoms with Crippen molar-refractivity contribution in [3.8, 4) is 0 Å². The van der Waals surface area contributed by atoms with Gasteiger partial charge in [-0.3, -0.25) is 10.1 Å². The summed E-state index contributed by atoms with van der Waals surface area (Å²) in [5, 5.41) is 9.98. The monoisotopic (exact) mass is 468 g/mol. The third-order valence-electron chi connectivity index (χ3n) is 7.14. The van der Waals surface area contributed by atoms with Gasteiger partial charge in [-0.15, -0.1) is 0 Å². The Morgan fingerprint density at radius 3 is 2.23 bits per heavy atom. The summed E-state index contributed by atoms with van der Waals surface area (Å²) >= 11 is 0. The molecule has 1 fully saturated rings. The van der Waals surface area contributed by atoms with Gasteiger partial charge >= 0.3 is 6.03 Å². The molecule has 1 saturated heterocycles. The van der Waals surface area contributed by atoms with E-state index in [1.54, 1.807) is 0 Å². The second-order valence-corrected chi connectivity index (χ2v) is 9.51. The average molecular weight is 469 g/mol. The van der Waals surface area contributed by atoms with Crippen molar-refractivity contribution in [1.29, 1.82) is 0 Å². The van der Waals surface area contributed by atoms with E-state index >= 15 is 0 Å². The van der Waals surface area contributed by atoms with Crippen LogP contribution in [0, 0.1) is 0 Å². The molecule has 0 aromatic heterocycles. The molecule has 3 aromatic rings. The van der Waals surface area contributed by atoms with Crippen LogP contribution < -0.4 is 16.0 Å². The maximum absolute atomic E-state index is 13.3. The fourth-order valence-electron chi connectivity index (χ4n) is 5.28. The molecule has 180 valence electrons. The smallest absolute Gasteiger partial charge is 0.318 e. The minimum absolute atomic E-state index is 0.0645. The Morgan fingerprint density at radius 2 is 1.51 bits per heavy atom. The maximum Gasteiger partial charge on any atom is 0.318 e. The van der Waals surface area contributed by atoms with Crippen molar-refractivity contribution in [2.75, 3.05) is 13.1 Å². The van der Waals surface area contributed by atoms with Crippen LogP contribution in [-0.4, -0.2) is 36.1 Å². The Morgan fingerprint density at radius 1 is 0.886 bits per heavy atom. The fraction of sp³-hybridized carbons (Fsp3) is 0.310. The molecular weight excluding hydrogens is 436 g/mol. The van der Waals surface area contributed by atoms with Gasteiger partial charge in [-0.25, -0.2) is 4.79 Å². The Hall–Kier alpha value is -3.64. The van der Waals surface area contributed by atoms with Crippen LogP contribution in [0.15, 0.2) is 84.9 Å². The van der Waals surface area contributed by atoms with E-state index < -0.39 is 0 Å². The molecule has 1 atom stereocenters. The van der Waals surface area contributed by atoms with E-state index in [2.05, 4.69) is 46.3 Å². The van der Waals surface area contributed by atoms with Crippen LogP contribution in [0.4, 0.5) is 4.79 Å². The number of nitrogens with one attached hydrogen (secondary N) is 3. The van der Waals surface area contributed by atoms with Crippen LogP contribution in [-0.2, 0) is 29.7 Å². The van der Waals surface area contributed by atoms with Gasteiger partial charge in [0, 0.05) is 26.1 Å². The topological polar surface area (TPSA) is 73.5 Å². The molecule has 2 heterocycles. The van der Waals surface area contributed by atoms with Gasteiger partial charge in [-0.1, -0.05) is 84.9 Å². The van der Waals surface area contributed by atoms with Gasteiger partial charge < -0.3 is 15.5 Å². The van der Waals surface area contributed by atoms with Gasteiger partial charge in [0.15, 0.2) is 0 Å². The van der Waals surface area contributed by atoms with Gasteiger partial charge in [-0.05, 0) is 35.1 Å². The Kier molecular flexibility index (Phi) is 6.82. The summed E-state index contributed by atoms with van der Waals surface area (Å²) in [5.74, 6) is 0.0645. The van der Waals surface area contributed by atoms with Crippen LogP contribution in [0.2, 0.25) is 0 Å². The number of fused-ring (bicyclic) bond motifs is 2. The van der Waals surface area contributed by atoms with Crippen molar-refractivity contribution in [1.82, 2.24) is 20.9 Å². The van der Waals surface area contributed by atoms with E-state index in [9.17, 15) is 9.59 Å². The number of carbonyl (C=O) groups is 2. The highest BCUT2D eigenvalue weighted by Crippen LogP contribution is 2.37. The predicted octanol–water partition coefficient (Wildman–Crippen LogP) is 3.72. The summed E-state index contributed by atoms with van der Waals surface area (Å²) in [5.41, 5.74) is 4.26. The van der Waals surface area contributed by atoms with Gasteiger partial charge in [0.05, 0.1) is 18.1 Å². The molecule has 1 unspecified atom stereocenters. The van der Waals surface area contributed by atoms with Gasteiger partial charge in [0.25, 0.3) is 0 Å². The molecule has 3 amide bonds. The predicted molar refractivity (Wildman–Crippen MR) is 137 cm³/mol. The summed E-state index contributed by atoms with van der Waals surface area (Å²) in [4.78, 5) is 27.6.